The standard InChI is InChI=1S/C15H22FN3OS.C8H10.C2H6.C2H4/c1-5-19(11-12(2)3)13(4)10-17-21-18-20-15-8-6-14(16)7-9-15;1-2-8-6-4-3-5-7-8;2*1-2/h6-9,17-18H,2,4-5,10-11H2,1,3H3;3-7H,2H2,1H3;1-2H3;1-2H2. The summed E-state index contributed by atoms with van der Waals surface area (Å²) in [6.45, 7) is 26.5. The van der Waals surface area contributed by atoms with Crippen LogP contribution in [0.3, 0.4) is 0 Å². The van der Waals surface area contributed by atoms with E-state index in [9.17, 15) is 4.39 Å². The zero-order chi connectivity index (χ0) is 25.5. The lowest BCUT2D eigenvalue weighted by Gasteiger charge is -2.25. The maximum Gasteiger partial charge on any atom is 0.148 e. The molecule has 4 nitrogen and oxygen atoms in total. The lowest BCUT2D eigenvalue weighted by Crippen LogP contribution is -2.29. The molecule has 0 saturated heterocycles. The molecular weight excluding hydrogens is 433 g/mol. The smallest absolute Gasteiger partial charge is 0.148 e. The Bertz CT molecular complexity index is 739. The largest absolute Gasteiger partial charge is 0.397 e. The lowest BCUT2D eigenvalue weighted by atomic mass is 10.2. The maximum atomic E-state index is 12.7. The predicted molar refractivity (Wildman–Crippen MR) is 145 cm³/mol. The van der Waals surface area contributed by atoms with Crippen LogP contribution >= 0.6 is 12.1 Å². The van der Waals surface area contributed by atoms with Gasteiger partial charge in [0.2, 0.25) is 0 Å². The van der Waals surface area contributed by atoms with E-state index in [2.05, 4.69) is 78.9 Å². The van der Waals surface area contributed by atoms with E-state index in [1.165, 1.54) is 29.8 Å². The van der Waals surface area contributed by atoms with Gasteiger partial charge in [0.15, 0.2) is 0 Å². The van der Waals surface area contributed by atoms with Crippen LogP contribution in [0.4, 0.5) is 4.39 Å². The van der Waals surface area contributed by atoms with E-state index in [0.29, 0.717) is 12.3 Å². The van der Waals surface area contributed by atoms with Gasteiger partial charge in [-0.2, -0.15) is 0 Å². The number of likely N-dealkylation sites (N-methyl/N-ethyl adjacent to an activating group) is 1. The summed E-state index contributed by atoms with van der Waals surface area (Å²) >= 11 is 1.20. The molecule has 0 aliphatic carbocycles. The maximum absolute atomic E-state index is 12.7. The Morgan fingerprint density at radius 1 is 1.00 bits per heavy atom. The fourth-order valence-corrected chi connectivity index (χ4v) is 2.75. The number of benzene rings is 2. The molecule has 0 amide bonds. The molecule has 2 rings (SSSR count). The number of hydrogen-bond acceptors (Lipinski definition) is 5. The Balaban J connectivity index is 0. The van der Waals surface area contributed by atoms with E-state index < -0.39 is 0 Å². The molecule has 0 aliphatic rings. The molecule has 2 N–H and O–H groups in total. The van der Waals surface area contributed by atoms with Crippen LogP contribution in [0.25, 0.3) is 0 Å². The van der Waals surface area contributed by atoms with Crippen molar-refractivity contribution in [3.8, 4) is 5.75 Å². The average Bonchev–Trinajstić information content (AvgIpc) is 2.86. The van der Waals surface area contributed by atoms with Gasteiger partial charge in [-0.25, -0.2) is 9.11 Å². The van der Waals surface area contributed by atoms with Gasteiger partial charge in [-0.15, -0.1) is 13.2 Å². The monoisotopic (exact) mass is 475 g/mol. The molecule has 0 aromatic heterocycles. The van der Waals surface area contributed by atoms with Gasteiger partial charge in [0.05, 0.1) is 0 Å². The number of nitrogens with one attached hydrogen (secondary N) is 2. The van der Waals surface area contributed by atoms with Gasteiger partial charge >= 0.3 is 0 Å². The van der Waals surface area contributed by atoms with Gasteiger partial charge in [0, 0.05) is 37.5 Å². The van der Waals surface area contributed by atoms with Crippen molar-refractivity contribution in [1.29, 1.82) is 0 Å². The molecule has 0 saturated carbocycles. The van der Waals surface area contributed by atoms with Crippen molar-refractivity contribution in [3.05, 3.63) is 104 Å². The molecule has 0 radical (unpaired) electrons. The molecule has 2 aromatic rings. The summed E-state index contributed by atoms with van der Waals surface area (Å²) in [7, 11) is 0. The number of hydrogen-bond donors (Lipinski definition) is 2. The average molecular weight is 476 g/mol. The van der Waals surface area contributed by atoms with Crippen LogP contribution in [-0.2, 0) is 6.42 Å². The Labute approximate surface area is 205 Å². The van der Waals surface area contributed by atoms with Crippen LogP contribution in [0.1, 0.15) is 40.2 Å². The molecule has 0 atom stereocenters. The third-order valence-electron chi connectivity index (χ3n) is 3.90. The molecule has 0 unspecified atom stereocenters. The van der Waals surface area contributed by atoms with E-state index in [1.54, 1.807) is 12.1 Å². The van der Waals surface area contributed by atoms with E-state index in [0.717, 1.165) is 30.8 Å². The van der Waals surface area contributed by atoms with Crippen molar-refractivity contribution in [2.75, 3.05) is 19.6 Å². The lowest BCUT2D eigenvalue weighted by molar-refractivity contribution is 0.283. The molecule has 0 fully saturated rings. The first-order valence-corrected chi connectivity index (χ1v) is 11.9. The number of nitrogens with zero attached hydrogens (tertiary/aromatic N) is 1. The van der Waals surface area contributed by atoms with Gasteiger partial charge in [0.25, 0.3) is 0 Å². The minimum atomic E-state index is -0.290. The molecule has 33 heavy (non-hydrogen) atoms. The highest BCUT2D eigenvalue weighted by Gasteiger charge is 2.05. The van der Waals surface area contributed by atoms with Crippen LogP contribution in [0.2, 0.25) is 0 Å². The van der Waals surface area contributed by atoms with Crippen LogP contribution in [0.5, 0.6) is 5.75 Å². The number of halogens is 1. The van der Waals surface area contributed by atoms with Crippen LogP contribution in [0.15, 0.2) is 92.2 Å². The SMILES string of the molecule is C=C.C=C(C)CN(CC)C(=C)CNSNOc1ccc(F)cc1.CC.CCc1ccccc1. The first-order chi connectivity index (χ1) is 16.0. The first-order valence-electron chi connectivity index (χ1n) is 11.1. The minimum Gasteiger partial charge on any atom is -0.397 e. The number of rotatable bonds is 11. The summed E-state index contributed by atoms with van der Waals surface area (Å²) in [5.41, 5.74) is 3.49. The summed E-state index contributed by atoms with van der Waals surface area (Å²) in [5.74, 6) is 0.253. The van der Waals surface area contributed by atoms with Gasteiger partial charge < -0.3 is 9.74 Å². The van der Waals surface area contributed by atoms with Crippen molar-refractivity contribution in [2.45, 2.75) is 41.0 Å². The molecule has 184 valence electrons. The van der Waals surface area contributed by atoms with Crippen molar-refractivity contribution in [3.63, 3.8) is 0 Å². The Morgan fingerprint density at radius 2 is 1.58 bits per heavy atom. The topological polar surface area (TPSA) is 36.5 Å². The molecule has 0 aliphatic heterocycles. The summed E-state index contributed by atoms with van der Waals surface area (Å²) in [5, 5.41) is 0. The van der Waals surface area contributed by atoms with E-state index in [-0.39, 0.29) is 5.82 Å². The van der Waals surface area contributed by atoms with E-state index in [1.807, 2.05) is 26.8 Å². The molecular formula is C27H42FN3OS. The molecule has 0 bridgehead atoms. The second-order valence-corrected chi connectivity index (χ2v) is 7.10. The molecule has 2 aromatic carbocycles. The summed E-state index contributed by atoms with van der Waals surface area (Å²) in [4.78, 5) is 10.1. The van der Waals surface area contributed by atoms with E-state index in [4.69, 9.17) is 4.84 Å². The van der Waals surface area contributed by atoms with Gasteiger partial charge in [0.1, 0.15) is 11.6 Å². The highest BCUT2D eigenvalue weighted by Crippen LogP contribution is 2.10. The van der Waals surface area contributed by atoms with Crippen molar-refractivity contribution >= 4 is 12.1 Å². The molecule has 6 heteroatoms. The minimum absolute atomic E-state index is 0.290. The van der Waals surface area contributed by atoms with Gasteiger partial charge in [-0.1, -0.05) is 74.7 Å². The van der Waals surface area contributed by atoms with Crippen LogP contribution in [-0.4, -0.2) is 24.5 Å². The van der Waals surface area contributed by atoms with Crippen molar-refractivity contribution < 1.29 is 9.23 Å². The zero-order valence-corrected chi connectivity index (χ0v) is 21.8. The Morgan fingerprint density at radius 3 is 2.03 bits per heavy atom. The summed E-state index contributed by atoms with van der Waals surface area (Å²) < 4.78 is 15.8. The summed E-state index contributed by atoms with van der Waals surface area (Å²) in [6.07, 6.45) is 1.14. The molecule has 0 spiro atoms. The number of aryl methyl sites for hydroxylation is 1. The fourth-order valence-electron chi connectivity index (χ4n) is 2.32. The second-order valence-electron chi connectivity index (χ2n) is 6.44. The van der Waals surface area contributed by atoms with Crippen LogP contribution in [0, 0.1) is 5.82 Å². The van der Waals surface area contributed by atoms with Gasteiger partial charge in [-0.3, -0.25) is 0 Å². The third kappa shape index (κ3) is 17.7. The van der Waals surface area contributed by atoms with Crippen LogP contribution < -0.4 is 14.4 Å². The third-order valence-corrected chi connectivity index (χ3v) is 4.36. The molecule has 0 heterocycles. The first kappa shape index (κ1) is 32.6. The highest BCUT2D eigenvalue weighted by atomic mass is 32.2. The quantitative estimate of drug-likeness (QED) is 0.154. The predicted octanol–water partition coefficient (Wildman–Crippen LogP) is 7.35. The van der Waals surface area contributed by atoms with Crippen molar-refractivity contribution in [1.82, 2.24) is 14.5 Å². The second kappa shape index (κ2) is 22.6. The zero-order valence-electron chi connectivity index (χ0n) is 21.0. The van der Waals surface area contributed by atoms with E-state index >= 15 is 0 Å². The summed E-state index contributed by atoms with van der Waals surface area (Å²) in [6, 6.07) is 16.2. The Kier molecular flexibility index (Phi) is 22.4. The fraction of sp³-hybridized carbons (Fsp3) is 0.333. The van der Waals surface area contributed by atoms with Crippen molar-refractivity contribution in [2.24, 2.45) is 0 Å². The van der Waals surface area contributed by atoms with Gasteiger partial charge in [-0.05, 0) is 50.1 Å². The Hall–Kier alpha value is -2.54. The normalized spacial score (nSPS) is 9.03. The highest BCUT2D eigenvalue weighted by molar-refractivity contribution is 7.95.